The average molecular weight is 463 g/mol. The summed E-state index contributed by atoms with van der Waals surface area (Å²) in [5.74, 6) is 0.370. The van der Waals surface area contributed by atoms with Crippen molar-refractivity contribution in [3.05, 3.63) is 131 Å². The second-order valence-electron chi connectivity index (χ2n) is 8.49. The van der Waals surface area contributed by atoms with E-state index in [1.54, 1.807) is 0 Å². The van der Waals surface area contributed by atoms with Crippen molar-refractivity contribution in [2.24, 2.45) is 0 Å². The Hall–Kier alpha value is -4.38. The summed E-state index contributed by atoms with van der Waals surface area (Å²) >= 11 is 0. The molecule has 2 amide bonds. The van der Waals surface area contributed by atoms with Gasteiger partial charge in [0.25, 0.3) is 11.8 Å². The first-order valence-corrected chi connectivity index (χ1v) is 11.7. The third-order valence-corrected chi connectivity index (χ3v) is 6.17. The second kappa shape index (κ2) is 10.3. The fraction of sp³-hybridized carbons (Fsp3) is 0.133. The lowest BCUT2D eigenvalue weighted by atomic mass is 9.87. The van der Waals surface area contributed by atoms with Gasteiger partial charge in [0.05, 0.1) is 6.04 Å². The van der Waals surface area contributed by atoms with Gasteiger partial charge in [-0.2, -0.15) is 0 Å². The number of hydrogen-bond donors (Lipinski definition) is 1. The van der Waals surface area contributed by atoms with E-state index in [1.807, 2.05) is 114 Å². The molecular formula is C30H26N2O3. The van der Waals surface area contributed by atoms with Crippen molar-refractivity contribution < 1.29 is 14.3 Å². The molecule has 1 N–H and O–H groups in total. The Morgan fingerprint density at radius 2 is 1.49 bits per heavy atom. The second-order valence-corrected chi connectivity index (χ2v) is 8.49. The summed E-state index contributed by atoms with van der Waals surface area (Å²) in [5.41, 5.74) is 4.63. The molecule has 1 heterocycles. The number of hydrogen-bond acceptors (Lipinski definition) is 3. The zero-order valence-corrected chi connectivity index (χ0v) is 19.3. The summed E-state index contributed by atoms with van der Waals surface area (Å²) < 4.78 is 5.86. The topological polar surface area (TPSA) is 58.6 Å². The highest BCUT2D eigenvalue weighted by molar-refractivity contribution is 5.95. The molecule has 0 bridgehead atoms. The van der Waals surface area contributed by atoms with Crippen LogP contribution in [-0.4, -0.2) is 29.9 Å². The van der Waals surface area contributed by atoms with Gasteiger partial charge in [-0.1, -0.05) is 72.8 Å². The predicted molar refractivity (Wildman–Crippen MR) is 136 cm³/mol. The van der Waals surface area contributed by atoms with Gasteiger partial charge < -0.3 is 15.0 Å². The van der Waals surface area contributed by atoms with Crippen LogP contribution < -0.4 is 10.1 Å². The van der Waals surface area contributed by atoms with Gasteiger partial charge in [0.2, 0.25) is 0 Å². The van der Waals surface area contributed by atoms with E-state index in [0.717, 1.165) is 23.2 Å². The highest BCUT2D eigenvalue weighted by Gasteiger charge is 2.32. The molecule has 4 aromatic rings. The molecule has 4 aromatic carbocycles. The van der Waals surface area contributed by atoms with Crippen molar-refractivity contribution in [2.45, 2.75) is 12.5 Å². The van der Waals surface area contributed by atoms with Crippen LogP contribution in [0, 0.1) is 0 Å². The van der Waals surface area contributed by atoms with Crippen LogP contribution in [0.1, 0.15) is 33.1 Å². The molecule has 0 fully saturated rings. The van der Waals surface area contributed by atoms with E-state index in [0.29, 0.717) is 17.9 Å². The molecule has 35 heavy (non-hydrogen) atoms. The molecule has 1 atom stereocenters. The van der Waals surface area contributed by atoms with Crippen LogP contribution in [0.3, 0.4) is 0 Å². The molecule has 1 aliphatic heterocycles. The van der Waals surface area contributed by atoms with E-state index >= 15 is 0 Å². The third kappa shape index (κ3) is 5.09. The molecular weight excluding hydrogens is 436 g/mol. The molecule has 5 nitrogen and oxygen atoms in total. The minimum atomic E-state index is -0.241. The van der Waals surface area contributed by atoms with Gasteiger partial charge in [-0.05, 0) is 59.5 Å². The van der Waals surface area contributed by atoms with E-state index in [4.69, 9.17) is 4.74 Å². The highest BCUT2D eigenvalue weighted by Crippen LogP contribution is 2.38. The Labute approximate surface area is 205 Å². The molecule has 0 aliphatic carbocycles. The minimum Gasteiger partial charge on any atom is -0.484 e. The Kier molecular flexibility index (Phi) is 6.57. The van der Waals surface area contributed by atoms with E-state index in [-0.39, 0.29) is 24.5 Å². The third-order valence-electron chi connectivity index (χ3n) is 6.17. The fourth-order valence-corrected chi connectivity index (χ4v) is 4.51. The van der Waals surface area contributed by atoms with Crippen molar-refractivity contribution >= 4 is 17.5 Å². The Balaban J connectivity index is 1.41. The Morgan fingerprint density at radius 3 is 2.20 bits per heavy atom. The number of ether oxygens (including phenoxy) is 1. The van der Waals surface area contributed by atoms with Crippen molar-refractivity contribution in [1.29, 1.82) is 0 Å². The first kappa shape index (κ1) is 22.4. The van der Waals surface area contributed by atoms with Gasteiger partial charge in [-0.3, -0.25) is 9.59 Å². The number of carbonyl (C=O) groups is 2. The number of carbonyl (C=O) groups excluding carboxylic acids is 2. The maximum Gasteiger partial charge on any atom is 0.262 e. The van der Waals surface area contributed by atoms with E-state index < -0.39 is 0 Å². The number of benzene rings is 4. The van der Waals surface area contributed by atoms with Gasteiger partial charge in [-0.15, -0.1) is 0 Å². The average Bonchev–Trinajstić information content (AvgIpc) is 2.92. The van der Waals surface area contributed by atoms with Crippen molar-refractivity contribution in [2.75, 3.05) is 18.5 Å². The quantitative estimate of drug-likeness (QED) is 0.412. The Bertz CT molecular complexity index is 1310. The van der Waals surface area contributed by atoms with E-state index in [9.17, 15) is 9.59 Å². The van der Waals surface area contributed by atoms with Crippen molar-refractivity contribution in [1.82, 2.24) is 4.90 Å². The lowest BCUT2D eigenvalue weighted by Gasteiger charge is -2.38. The summed E-state index contributed by atoms with van der Waals surface area (Å²) in [7, 11) is 0. The maximum atomic E-state index is 13.5. The molecule has 5 rings (SSSR count). The summed E-state index contributed by atoms with van der Waals surface area (Å²) in [6.07, 6.45) is 0.756. The van der Waals surface area contributed by atoms with Crippen LogP contribution >= 0.6 is 0 Å². The highest BCUT2D eigenvalue weighted by atomic mass is 16.5. The predicted octanol–water partition coefficient (Wildman–Crippen LogP) is 5.49. The van der Waals surface area contributed by atoms with Gasteiger partial charge in [-0.25, -0.2) is 0 Å². The lowest BCUT2D eigenvalue weighted by molar-refractivity contribution is -0.118. The molecule has 5 heteroatoms. The molecule has 0 saturated heterocycles. The number of nitrogens with zero attached hydrogens (tertiary/aromatic N) is 1. The van der Waals surface area contributed by atoms with Crippen LogP contribution in [0.25, 0.3) is 0 Å². The SMILES string of the molecule is O=C(COc1ccc2c(c1)[C@H](c1ccccc1)N(C(=O)c1ccccc1)CC2)Nc1ccccc1. The molecule has 174 valence electrons. The zero-order chi connectivity index (χ0) is 24.0. The first-order valence-electron chi connectivity index (χ1n) is 11.7. The van der Waals surface area contributed by atoms with Gasteiger partial charge >= 0.3 is 0 Å². The maximum absolute atomic E-state index is 13.5. The monoisotopic (exact) mass is 462 g/mol. The van der Waals surface area contributed by atoms with Gasteiger partial charge in [0, 0.05) is 17.8 Å². The summed E-state index contributed by atoms with van der Waals surface area (Å²) in [4.78, 5) is 27.8. The van der Waals surface area contributed by atoms with Crippen LogP contribution in [0.4, 0.5) is 5.69 Å². The normalized spacial score (nSPS) is 14.6. The summed E-state index contributed by atoms with van der Waals surface area (Å²) in [6.45, 7) is 0.524. The van der Waals surface area contributed by atoms with Gasteiger partial charge in [0.1, 0.15) is 5.75 Å². The molecule has 0 radical (unpaired) electrons. The molecule has 0 unspecified atom stereocenters. The van der Waals surface area contributed by atoms with Gasteiger partial charge in [0.15, 0.2) is 6.61 Å². The van der Waals surface area contributed by atoms with Crippen molar-refractivity contribution in [3.8, 4) is 5.75 Å². The smallest absolute Gasteiger partial charge is 0.262 e. The number of amides is 2. The Morgan fingerprint density at radius 1 is 0.829 bits per heavy atom. The largest absolute Gasteiger partial charge is 0.484 e. The number of anilines is 1. The standard InChI is InChI=1S/C30H26N2O3/c33-28(31-25-14-8-3-9-15-25)21-35-26-17-16-22-18-19-32(30(34)24-12-6-2-7-13-24)29(27(22)20-26)23-10-4-1-5-11-23/h1-17,20,29H,18-19,21H2,(H,31,33)/t29-/m0/s1. The number of fused-ring (bicyclic) bond motifs is 1. The number of nitrogens with one attached hydrogen (secondary N) is 1. The van der Waals surface area contributed by atoms with E-state index in [2.05, 4.69) is 5.32 Å². The number of rotatable bonds is 6. The van der Waals surface area contributed by atoms with E-state index in [1.165, 1.54) is 5.56 Å². The van der Waals surface area contributed by atoms with Crippen molar-refractivity contribution in [3.63, 3.8) is 0 Å². The molecule has 0 aromatic heterocycles. The first-order chi connectivity index (χ1) is 17.2. The number of para-hydroxylation sites is 1. The van der Waals surface area contributed by atoms with Crippen LogP contribution in [0.2, 0.25) is 0 Å². The lowest BCUT2D eigenvalue weighted by Crippen LogP contribution is -2.40. The van der Waals surface area contributed by atoms with Crippen LogP contribution in [0.5, 0.6) is 5.75 Å². The van der Waals surface area contributed by atoms with Crippen LogP contribution in [0.15, 0.2) is 109 Å². The zero-order valence-electron chi connectivity index (χ0n) is 19.3. The molecule has 0 spiro atoms. The summed E-state index contributed by atoms with van der Waals surface area (Å²) in [5, 5.41) is 2.83. The van der Waals surface area contributed by atoms with Crippen LogP contribution in [-0.2, 0) is 11.2 Å². The fourth-order valence-electron chi connectivity index (χ4n) is 4.51. The molecule has 1 aliphatic rings. The summed E-state index contributed by atoms with van der Waals surface area (Å²) in [6, 6.07) is 34.4. The minimum absolute atomic E-state index is 0.00124. The molecule has 0 saturated carbocycles.